The monoisotopic (exact) mass is 301 g/mol. The Hall–Kier alpha value is -2.01. The standard InChI is InChI=1S/C16H19N3OS/c1-4-12(3)19(15(20)5-2)11-13-9-17-16(18-10-13)14-7-6-8-21-14/h5-10,12H,2,4,11H2,1,3H3/t12-/m0/s1. The predicted octanol–water partition coefficient (Wildman–Crippen LogP) is 3.52. The van der Waals surface area contributed by atoms with Crippen molar-refractivity contribution in [2.45, 2.75) is 32.9 Å². The van der Waals surface area contributed by atoms with E-state index < -0.39 is 0 Å². The molecule has 0 aliphatic carbocycles. The van der Waals surface area contributed by atoms with Gasteiger partial charge in [0.25, 0.3) is 0 Å². The van der Waals surface area contributed by atoms with Crippen molar-refractivity contribution in [1.29, 1.82) is 0 Å². The topological polar surface area (TPSA) is 46.1 Å². The minimum absolute atomic E-state index is 0.0633. The summed E-state index contributed by atoms with van der Waals surface area (Å²) in [5.74, 6) is 0.658. The van der Waals surface area contributed by atoms with Crippen molar-refractivity contribution in [1.82, 2.24) is 14.9 Å². The molecule has 0 aliphatic rings. The summed E-state index contributed by atoms with van der Waals surface area (Å²) >= 11 is 1.61. The van der Waals surface area contributed by atoms with E-state index in [1.54, 1.807) is 28.6 Å². The Morgan fingerprint density at radius 1 is 1.48 bits per heavy atom. The van der Waals surface area contributed by atoms with Crippen LogP contribution in [0.5, 0.6) is 0 Å². The lowest BCUT2D eigenvalue weighted by molar-refractivity contribution is -0.128. The second-order valence-corrected chi connectivity index (χ2v) is 5.77. The van der Waals surface area contributed by atoms with E-state index in [0.29, 0.717) is 6.54 Å². The van der Waals surface area contributed by atoms with Crippen LogP contribution >= 0.6 is 11.3 Å². The Morgan fingerprint density at radius 2 is 2.19 bits per heavy atom. The van der Waals surface area contributed by atoms with Crippen LogP contribution in [0, 0.1) is 0 Å². The molecule has 2 aromatic rings. The fraction of sp³-hybridized carbons (Fsp3) is 0.312. The van der Waals surface area contributed by atoms with E-state index in [9.17, 15) is 4.79 Å². The molecule has 110 valence electrons. The highest BCUT2D eigenvalue weighted by atomic mass is 32.1. The second-order valence-electron chi connectivity index (χ2n) is 4.82. The lowest BCUT2D eigenvalue weighted by atomic mass is 10.2. The highest BCUT2D eigenvalue weighted by Gasteiger charge is 2.17. The Labute approximate surface area is 129 Å². The Kier molecular flexibility index (Phi) is 5.22. The first kappa shape index (κ1) is 15.4. The van der Waals surface area contributed by atoms with Crippen LogP contribution in [0.4, 0.5) is 0 Å². The molecule has 0 bridgehead atoms. The van der Waals surface area contributed by atoms with Gasteiger partial charge in [-0.15, -0.1) is 11.3 Å². The first-order valence-electron chi connectivity index (χ1n) is 6.93. The summed E-state index contributed by atoms with van der Waals surface area (Å²) in [5, 5.41) is 2.00. The van der Waals surface area contributed by atoms with Crippen LogP contribution in [0.2, 0.25) is 0 Å². The Bertz CT molecular complexity index is 592. The summed E-state index contributed by atoms with van der Waals surface area (Å²) in [7, 11) is 0. The fourth-order valence-corrected chi connectivity index (χ4v) is 2.63. The van der Waals surface area contributed by atoms with Crippen LogP contribution in [0.3, 0.4) is 0 Å². The smallest absolute Gasteiger partial charge is 0.246 e. The molecule has 0 saturated heterocycles. The largest absolute Gasteiger partial charge is 0.332 e. The number of rotatable bonds is 6. The zero-order valence-electron chi connectivity index (χ0n) is 12.3. The molecule has 4 nitrogen and oxygen atoms in total. The summed E-state index contributed by atoms with van der Waals surface area (Å²) in [6.07, 6.45) is 5.82. The van der Waals surface area contributed by atoms with Gasteiger partial charge in [-0.1, -0.05) is 19.6 Å². The maximum absolute atomic E-state index is 11.9. The quantitative estimate of drug-likeness (QED) is 0.767. The van der Waals surface area contributed by atoms with Gasteiger partial charge in [0.05, 0.1) is 4.88 Å². The van der Waals surface area contributed by atoms with Gasteiger partial charge < -0.3 is 4.90 Å². The summed E-state index contributed by atoms with van der Waals surface area (Å²) < 4.78 is 0. The zero-order chi connectivity index (χ0) is 15.2. The zero-order valence-corrected chi connectivity index (χ0v) is 13.1. The van der Waals surface area contributed by atoms with Crippen molar-refractivity contribution >= 4 is 17.2 Å². The molecule has 2 aromatic heterocycles. The van der Waals surface area contributed by atoms with E-state index in [0.717, 1.165) is 22.7 Å². The van der Waals surface area contributed by atoms with Crippen molar-refractivity contribution in [3.05, 3.63) is 48.1 Å². The molecule has 0 radical (unpaired) electrons. The van der Waals surface area contributed by atoms with E-state index in [4.69, 9.17) is 0 Å². The average Bonchev–Trinajstić information content (AvgIpc) is 3.06. The van der Waals surface area contributed by atoms with Gasteiger partial charge in [-0.3, -0.25) is 4.79 Å². The molecule has 0 fully saturated rings. The van der Waals surface area contributed by atoms with Gasteiger partial charge in [-0.25, -0.2) is 9.97 Å². The van der Waals surface area contributed by atoms with Crippen LogP contribution in [0.15, 0.2) is 42.6 Å². The molecule has 2 heterocycles. The van der Waals surface area contributed by atoms with Gasteiger partial charge >= 0.3 is 0 Å². The van der Waals surface area contributed by atoms with Crippen molar-refractivity contribution in [3.8, 4) is 10.7 Å². The first-order chi connectivity index (χ1) is 10.2. The fourth-order valence-electron chi connectivity index (χ4n) is 1.95. The van der Waals surface area contributed by atoms with E-state index >= 15 is 0 Å². The first-order valence-corrected chi connectivity index (χ1v) is 7.81. The van der Waals surface area contributed by atoms with Gasteiger partial charge in [0.2, 0.25) is 5.91 Å². The third-order valence-electron chi connectivity index (χ3n) is 3.38. The van der Waals surface area contributed by atoms with Crippen molar-refractivity contribution in [2.75, 3.05) is 0 Å². The Morgan fingerprint density at radius 3 is 2.71 bits per heavy atom. The number of aromatic nitrogens is 2. The van der Waals surface area contributed by atoms with Gasteiger partial charge in [0.1, 0.15) is 0 Å². The van der Waals surface area contributed by atoms with E-state index in [-0.39, 0.29) is 11.9 Å². The highest BCUT2D eigenvalue weighted by molar-refractivity contribution is 7.13. The van der Waals surface area contributed by atoms with Crippen LogP contribution in [-0.4, -0.2) is 26.8 Å². The van der Waals surface area contributed by atoms with Crippen LogP contribution < -0.4 is 0 Å². The summed E-state index contributed by atoms with van der Waals surface area (Å²) in [6, 6.07) is 4.13. The minimum atomic E-state index is -0.0633. The number of hydrogen-bond acceptors (Lipinski definition) is 4. The molecule has 2 rings (SSSR count). The lowest BCUT2D eigenvalue weighted by Gasteiger charge is -2.27. The molecule has 0 saturated carbocycles. The SMILES string of the molecule is C=CC(=O)N(Cc1cnc(-c2cccs2)nc1)[C@@H](C)CC. The number of hydrogen-bond donors (Lipinski definition) is 0. The molecule has 0 aliphatic heterocycles. The summed E-state index contributed by atoms with van der Waals surface area (Å²) in [6.45, 7) is 8.16. The maximum Gasteiger partial charge on any atom is 0.246 e. The molecular formula is C16H19N3OS. The van der Waals surface area contributed by atoms with E-state index in [2.05, 4.69) is 23.5 Å². The predicted molar refractivity (Wildman–Crippen MR) is 85.8 cm³/mol. The van der Waals surface area contributed by atoms with E-state index in [1.807, 2.05) is 24.4 Å². The van der Waals surface area contributed by atoms with Crippen LogP contribution in [0.25, 0.3) is 10.7 Å². The summed E-state index contributed by atoms with van der Waals surface area (Å²) in [4.78, 5) is 23.5. The summed E-state index contributed by atoms with van der Waals surface area (Å²) in [5.41, 5.74) is 0.922. The van der Waals surface area contributed by atoms with Crippen molar-refractivity contribution in [2.24, 2.45) is 0 Å². The maximum atomic E-state index is 11.9. The number of amides is 1. The molecule has 21 heavy (non-hydrogen) atoms. The Balaban J connectivity index is 2.14. The third-order valence-corrected chi connectivity index (χ3v) is 4.25. The minimum Gasteiger partial charge on any atom is -0.332 e. The number of carbonyl (C=O) groups excluding carboxylic acids is 1. The number of carbonyl (C=O) groups is 1. The second kappa shape index (κ2) is 7.13. The van der Waals surface area contributed by atoms with Crippen molar-refractivity contribution in [3.63, 3.8) is 0 Å². The molecule has 0 N–H and O–H groups in total. The van der Waals surface area contributed by atoms with Gasteiger partial charge in [-0.05, 0) is 30.9 Å². The molecule has 0 unspecified atom stereocenters. The lowest BCUT2D eigenvalue weighted by Crippen LogP contribution is -2.36. The molecule has 5 heteroatoms. The normalized spacial score (nSPS) is 11.9. The van der Waals surface area contributed by atoms with Gasteiger partial charge in [-0.2, -0.15) is 0 Å². The van der Waals surface area contributed by atoms with Crippen LogP contribution in [0.1, 0.15) is 25.8 Å². The molecule has 1 atom stereocenters. The molecular weight excluding hydrogens is 282 g/mol. The third kappa shape index (κ3) is 3.76. The van der Waals surface area contributed by atoms with Crippen molar-refractivity contribution < 1.29 is 4.79 Å². The highest BCUT2D eigenvalue weighted by Crippen LogP contribution is 2.20. The molecule has 1 amide bonds. The molecule has 0 spiro atoms. The number of thiophene rings is 1. The van der Waals surface area contributed by atoms with Gasteiger partial charge in [0, 0.05) is 30.5 Å². The van der Waals surface area contributed by atoms with Crippen LogP contribution in [-0.2, 0) is 11.3 Å². The average molecular weight is 301 g/mol. The van der Waals surface area contributed by atoms with E-state index in [1.165, 1.54) is 6.08 Å². The number of nitrogens with zero attached hydrogens (tertiary/aromatic N) is 3. The van der Waals surface area contributed by atoms with Gasteiger partial charge in [0.15, 0.2) is 5.82 Å². The molecule has 0 aromatic carbocycles.